The van der Waals surface area contributed by atoms with Crippen LogP contribution >= 0.6 is 0 Å². The van der Waals surface area contributed by atoms with Crippen LogP contribution in [0.4, 0.5) is 4.79 Å². The van der Waals surface area contributed by atoms with Crippen LogP contribution in [-0.4, -0.2) is 43.3 Å². The summed E-state index contributed by atoms with van der Waals surface area (Å²) in [5.41, 5.74) is 0. The number of nitrogens with zero attached hydrogens (tertiary/aromatic N) is 1. The van der Waals surface area contributed by atoms with Gasteiger partial charge in [-0.2, -0.15) is 0 Å². The van der Waals surface area contributed by atoms with Crippen LogP contribution in [0.15, 0.2) is 0 Å². The molecule has 0 N–H and O–H groups in total. The minimum Gasteiger partial charge on any atom is -0.465 e. The zero-order chi connectivity index (χ0) is 16.2. The van der Waals surface area contributed by atoms with Crippen molar-refractivity contribution in [3.8, 4) is 0 Å². The summed E-state index contributed by atoms with van der Waals surface area (Å²) in [6.45, 7) is 6.40. The summed E-state index contributed by atoms with van der Waals surface area (Å²) in [6.07, 6.45) is 7.45. The van der Waals surface area contributed by atoms with Crippen LogP contribution in [0.25, 0.3) is 0 Å². The highest BCUT2D eigenvalue weighted by molar-refractivity contribution is 5.73. The minimum absolute atomic E-state index is 0.0640. The van der Waals surface area contributed by atoms with Crippen molar-refractivity contribution in [2.75, 3.05) is 26.3 Å². The lowest BCUT2D eigenvalue weighted by Gasteiger charge is -2.30. The van der Waals surface area contributed by atoms with Gasteiger partial charge in [0.15, 0.2) is 0 Å². The molecule has 0 aromatic heterocycles. The monoisotopic (exact) mass is 313 g/mol. The first-order valence-corrected chi connectivity index (χ1v) is 8.77. The number of unbranched alkanes of at least 4 members (excludes halogenated alkanes) is 4. The number of rotatable bonds is 9. The molecule has 1 aliphatic rings. The summed E-state index contributed by atoms with van der Waals surface area (Å²) >= 11 is 0. The molecule has 0 unspecified atom stereocenters. The van der Waals surface area contributed by atoms with Gasteiger partial charge in [0.25, 0.3) is 0 Å². The highest BCUT2D eigenvalue weighted by Crippen LogP contribution is 2.19. The van der Waals surface area contributed by atoms with E-state index in [1.807, 2.05) is 0 Å². The number of esters is 1. The normalized spacial score (nSPS) is 15.6. The Bertz CT molecular complexity index is 325. The van der Waals surface area contributed by atoms with Crippen LogP contribution in [0.3, 0.4) is 0 Å². The third kappa shape index (κ3) is 7.14. The van der Waals surface area contributed by atoms with Crippen LogP contribution in [-0.2, 0) is 14.3 Å². The van der Waals surface area contributed by atoms with E-state index >= 15 is 0 Å². The number of amides is 1. The molecule has 5 heteroatoms. The third-order valence-electron chi connectivity index (χ3n) is 4.05. The lowest BCUT2D eigenvalue weighted by molar-refractivity contribution is -0.150. The summed E-state index contributed by atoms with van der Waals surface area (Å²) in [5.74, 6) is -0.165. The first kappa shape index (κ1) is 18.8. The average Bonchev–Trinajstić information content (AvgIpc) is 2.54. The van der Waals surface area contributed by atoms with Crippen molar-refractivity contribution < 1.29 is 19.1 Å². The number of likely N-dealkylation sites (tertiary alicyclic amines) is 1. The van der Waals surface area contributed by atoms with E-state index in [4.69, 9.17) is 9.47 Å². The molecule has 5 nitrogen and oxygen atoms in total. The van der Waals surface area contributed by atoms with Gasteiger partial charge < -0.3 is 14.4 Å². The minimum atomic E-state index is -0.250. The van der Waals surface area contributed by atoms with Crippen LogP contribution in [0.1, 0.15) is 65.2 Å². The molecule has 1 fully saturated rings. The molecule has 1 amide bonds. The number of ether oxygens (including phenoxy) is 2. The van der Waals surface area contributed by atoms with Gasteiger partial charge in [0, 0.05) is 13.1 Å². The average molecular weight is 313 g/mol. The molecule has 0 bridgehead atoms. The maximum absolute atomic E-state index is 12.0. The molecule has 1 saturated heterocycles. The summed E-state index contributed by atoms with van der Waals surface area (Å²) < 4.78 is 10.5. The number of piperidine rings is 1. The van der Waals surface area contributed by atoms with E-state index in [9.17, 15) is 9.59 Å². The van der Waals surface area contributed by atoms with Crippen molar-refractivity contribution in [2.45, 2.75) is 65.2 Å². The van der Waals surface area contributed by atoms with E-state index < -0.39 is 0 Å². The number of hydrogen-bond donors (Lipinski definition) is 0. The van der Waals surface area contributed by atoms with Crippen molar-refractivity contribution >= 4 is 12.1 Å². The molecule has 1 rings (SSSR count). The summed E-state index contributed by atoms with van der Waals surface area (Å²) in [4.78, 5) is 25.5. The predicted octanol–water partition coefficient (Wildman–Crippen LogP) is 3.76. The fraction of sp³-hybridized carbons (Fsp3) is 0.882. The van der Waals surface area contributed by atoms with Gasteiger partial charge in [-0.1, -0.05) is 39.5 Å². The molecule has 1 aliphatic heterocycles. The molecule has 0 aromatic rings. The summed E-state index contributed by atoms with van der Waals surface area (Å²) in [6, 6.07) is 0. The molecule has 22 heavy (non-hydrogen) atoms. The van der Waals surface area contributed by atoms with E-state index in [2.05, 4.69) is 13.8 Å². The summed E-state index contributed by atoms with van der Waals surface area (Å²) in [7, 11) is 0. The van der Waals surface area contributed by atoms with Crippen LogP contribution in [0.5, 0.6) is 0 Å². The molecule has 0 aromatic carbocycles. The maximum atomic E-state index is 12.0. The zero-order valence-electron chi connectivity index (χ0n) is 14.1. The van der Waals surface area contributed by atoms with E-state index in [1.165, 1.54) is 12.8 Å². The quantitative estimate of drug-likeness (QED) is 0.480. The van der Waals surface area contributed by atoms with E-state index in [0.717, 1.165) is 25.7 Å². The Morgan fingerprint density at radius 1 is 0.909 bits per heavy atom. The largest absolute Gasteiger partial charge is 0.465 e. The van der Waals surface area contributed by atoms with Gasteiger partial charge >= 0.3 is 12.1 Å². The standard InChI is InChI=1S/C17H31NO4/c1-3-5-7-8-14-21-16(19)15-9-11-18(12-10-15)17(20)22-13-6-4-2/h15H,3-14H2,1-2H3. The lowest BCUT2D eigenvalue weighted by atomic mass is 9.97. The van der Waals surface area contributed by atoms with Crippen molar-refractivity contribution in [3.05, 3.63) is 0 Å². The first-order valence-electron chi connectivity index (χ1n) is 8.77. The maximum Gasteiger partial charge on any atom is 0.409 e. The van der Waals surface area contributed by atoms with E-state index in [-0.39, 0.29) is 18.0 Å². The summed E-state index contributed by atoms with van der Waals surface area (Å²) in [5, 5.41) is 0. The smallest absolute Gasteiger partial charge is 0.409 e. The number of carbonyl (C=O) groups is 2. The van der Waals surface area contributed by atoms with Crippen LogP contribution in [0.2, 0.25) is 0 Å². The van der Waals surface area contributed by atoms with E-state index in [1.54, 1.807) is 4.90 Å². The Labute approximate surface area is 134 Å². The third-order valence-corrected chi connectivity index (χ3v) is 4.05. The molecule has 0 saturated carbocycles. The molecule has 0 aliphatic carbocycles. The lowest BCUT2D eigenvalue weighted by Crippen LogP contribution is -2.41. The fourth-order valence-corrected chi connectivity index (χ4v) is 2.51. The molecule has 0 radical (unpaired) electrons. The van der Waals surface area contributed by atoms with Gasteiger partial charge in [0.2, 0.25) is 0 Å². The van der Waals surface area contributed by atoms with E-state index in [0.29, 0.717) is 39.1 Å². The van der Waals surface area contributed by atoms with Gasteiger partial charge in [-0.05, 0) is 25.7 Å². The predicted molar refractivity (Wildman–Crippen MR) is 85.7 cm³/mol. The van der Waals surface area contributed by atoms with Crippen molar-refractivity contribution in [3.63, 3.8) is 0 Å². The fourth-order valence-electron chi connectivity index (χ4n) is 2.51. The van der Waals surface area contributed by atoms with Crippen molar-refractivity contribution in [1.82, 2.24) is 4.90 Å². The van der Waals surface area contributed by atoms with Crippen molar-refractivity contribution in [2.24, 2.45) is 5.92 Å². The molecular formula is C17H31NO4. The molecule has 1 heterocycles. The van der Waals surface area contributed by atoms with Gasteiger partial charge in [0.05, 0.1) is 19.1 Å². The number of hydrogen-bond acceptors (Lipinski definition) is 4. The SMILES string of the molecule is CCCCCCOC(=O)C1CCN(C(=O)OCCCC)CC1. The van der Waals surface area contributed by atoms with Crippen LogP contribution in [0, 0.1) is 5.92 Å². The molecular weight excluding hydrogens is 282 g/mol. The van der Waals surface area contributed by atoms with Gasteiger partial charge in [-0.3, -0.25) is 4.79 Å². The highest BCUT2D eigenvalue weighted by Gasteiger charge is 2.28. The number of carbonyl (C=O) groups excluding carboxylic acids is 2. The van der Waals surface area contributed by atoms with Gasteiger partial charge in [-0.25, -0.2) is 4.79 Å². The second-order valence-electron chi connectivity index (χ2n) is 5.96. The van der Waals surface area contributed by atoms with Gasteiger partial charge in [-0.15, -0.1) is 0 Å². The Morgan fingerprint density at radius 3 is 2.18 bits per heavy atom. The highest BCUT2D eigenvalue weighted by atomic mass is 16.6. The topological polar surface area (TPSA) is 55.8 Å². The molecule has 0 atom stereocenters. The van der Waals surface area contributed by atoms with Crippen molar-refractivity contribution in [1.29, 1.82) is 0 Å². The van der Waals surface area contributed by atoms with Gasteiger partial charge in [0.1, 0.15) is 0 Å². The second kappa shape index (κ2) is 11.3. The Hall–Kier alpha value is -1.26. The molecule has 0 spiro atoms. The first-order chi connectivity index (χ1) is 10.7. The van der Waals surface area contributed by atoms with Crippen LogP contribution < -0.4 is 0 Å². The Balaban J connectivity index is 2.15. The Morgan fingerprint density at radius 2 is 1.55 bits per heavy atom. The Kier molecular flexibility index (Phi) is 9.67. The second-order valence-corrected chi connectivity index (χ2v) is 5.96. The molecule has 128 valence electrons. The zero-order valence-corrected chi connectivity index (χ0v) is 14.1.